The van der Waals surface area contributed by atoms with Gasteiger partial charge in [-0.3, -0.25) is 4.79 Å². The van der Waals surface area contributed by atoms with Crippen molar-refractivity contribution in [2.45, 2.75) is 13.8 Å². The number of aryl methyl sites for hydroxylation is 1. The molecule has 0 unspecified atom stereocenters. The molecule has 23 heavy (non-hydrogen) atoms. The quantitative estimate of drug-likeness (QED) is 0.849. The molecular formula is C16H16N2O5. The molecule has 120 valence electrons. The first-order valence-corrected chi connectivity index (χ1v) is 6.99. The third kappa shape index (κ3) is 2.61. The van der Waals surface area contributed by atoms with Crippen molar-refractivity contribution in [1.82, 2.24) is 4.98 Å². The number of anilines is 1. The SMILES string of the molecule is COC(=O)c1c(C)[nH]c(C(=O)Nc2ccc3c(c2)OCO3)c1C. The van der Waals surface area contributed by atoms with E-state index in [-0.39, 0.29) is 12.7 Å². The fraction of sp³-hybridized carbons (Fsp3) is 0.250. The number of H-pyrrole nitrogens is 1. The van der Waals surface area contributed by atoms with Gasteiger partial charge in [0.15, 0.2) is 11.5 Å². The second kappa shape index (κ2) is 5.68. The highest BCUT2D eigenvalue weighted by Crippen LogP contribution is 2.34. The van der Waals surface area contributed by atoms with Crippen LogP contribution in [0.2, 0.25) is 0 Å². The molecule has 3 rings (SSSR count). The first kappa shape index (κ1) is 15.0. The highest BCUT2D eigenvalue weighted by molar-refractivity contribution is 6.06. The fourth-order valence-electron chi connectivity index (χ4n) is 2.55. The Morgan fingerprint density at radius 2 is 1.96 bits per heavy atom. The number of esters is 1. The van der Waals surface area contributed by atoms with Crippen molar-refractivity contribution in [3.05, 3.63) is 40.7 Å². The first-order chi connectivity index (χ1) is 11.0. The molecule has 1 aliphatic rings. The Labute approximate surface area is 132 Å². The lowest BCUT2D eigenvalue weighted by molar-refractivity contribution is 0.0599. The van der Waals surface area contributed by atoms with E-state index < -0.39 is 5.97 Å². The number of methoxy groups -OCH3 is 1. The molecule has 1 aromatic heterocycles. The van der Waals surface area contributed by atoms with Gasteiger partial charge in [0.25, 0.3) is 5.91 Å². The third-order valence-electron chi connectivity index (χ3n) is 3.68. The maximum Gasteiger partial charge on any atom is 0.339 e. The number of carbonyl (C=O) groups excluding carboxylic acids is 2. The number of fused-ring (bicyclic) bond motifs is 1. The van der Waals surface area contributed by atoms with E-state index in [0.29, 0.717) is 39.7 Å². The van der Waals surface area contributed by atoms with Crippen LogP contribution in [0.3, 0.4) is 0 Å². The first-order valence-electron chi connectivity index (χ1n) is 6.99. The van der Waals surface area contributed by atoms with Gasteiger partial charge < -0.3 is 24.5 Å². The molecule has 0 bridgehead atoms. The molecule has 1 amide bonds. The van der Waals surface area contributed by atoms with Gasteiger partial charge in [-0.05, 0) is 31.5 Å². The Bertz CT molecular complexity index is 794. The smallest absolute Gasteiger partial charge is 0.339 e. The van der Waals surface area contributed by atoms with E-state index in [1.807, 2.05) is 0 Å². The molecule has 0 radical (unpaired) electrons. The number of amides is 1. The van der Waals surface area contributed by atoms with Crippen LogP contribution in [0.1, 0.15) is 32.1 Å². The average molecular weight is 316 g/mol. The van der Waals surface area contributed by atoms with Crippen LogP contribution >= 0.6 is 0 Å². The van der Waals surface area contributed by atoms with Crippen molar-refractivity contribution in [3.63, 3.8) is 0 Å². The van der Waals surface area contributed by atoms with E-state index in [9.17, 15) is 9.59 Å². The van der Waals surface area contributed by atoms with Gasteiger partial charge >= 0.3 is 5.97 Å². The predicted octanol–water partition coefficient (Wildman–Crippen LogP) is 2.40. The van der Waals surface area contributed by atoms with Gasteiger partial charge in [-0.2, -0.15) is 0 Å². The lowest BCUT2D eigenvalue weighted by Crippen LogP contribution is -2.14. The van der Waals surface area contributed by atoms with Crippen LogP contribution in [0.15, 0.2) is 18.2 Å². The van der Waals surface area contributed by atoms with Crippen molar-refractivity contribution in [2.24, 2.45) is 0 Å². The molecule has 0 saturated heterocycles. The van der Waals surface area contributed by atoms with E-state index >= 15 is 0 Å². The highest BCUT2D eigenvalue weighted by Gasteiger charge is 2.23. The Kier molecular flexibility index (Phi) is 3.69. The number of ether oxygens (including phenoxy) is 3. The third-order valence-corrected chi connectivity index (χ3v) is 3.68. The Morgan fingerprint density at radius 1 is 1.22 bits per heavy atom. The molecule has 2 N–H and O–H groups in total. The summed E-state index contributed by atoms with van der Waals surface area (Å²) in [6.07, 6.45) is 0. The summed E-state index contributed by atoms with van der Waals surface area (Å²) in [5, 5.41) is 2.77. The van der Waals surface area contributed by atoms with Gasteiger partial charge in [0.2, 0.25) is 6.79 Å². The van der Waals surface area contributed by atoms with Crippen LogP contribution in [0.5, 0.6) is 11.5 Å². The second-order valence-electron chi connectivity index (χ2n) is 5.14. The minimum Gasteiger partial charge on any atom is -0.465 e. The van der Waals surface area contributed by atoms with E-state index in [1.54, 1.807) is 32.0 Å². The lowest BCUT2D eigenvalue weighted by Gasteiger charge is -2.06. The summed E-state index contributed by atoms with van der Waals surface area (Å²) in [5.41, 5.74) is 2.41. The molecule has 2 heterocycles. The lowest BCUT2D eigenvalue weighted by atomic mass is 10.1. The number of benzene rings is 1. The topological polar surface area (TPSA) is 89.7 Å². The Hall–Kier alpha value is -2.96. The summed E-state index contributed by atoms with van der Waals surface area (Å²) < 4.78 is 15.2. The highest BCUT2D eigenvalue weighted by atomic mass is 16.7. The van der Waals surface area contributed by atoms with Gasteiger partial charge in [0.1, 0.15) is 5.69 Å². The summed E-state index contributed by atoms with van der Waals surface area (Å²) in [6.45, 7) is 3.59. The van der Waals surface area contributed by atoms with Gasteiger partial charge in [-0.15, -0.1) is 0 Å². The van der Waals surface area contributed by atoms with Gasteiger partial charge in [0.05, 0.1) is 12.7 Å². The van der Waals surface area contributed by atoms with Gasteiger partial charge in [-0.25, -0.2) is 4.79 Å². The average Bonchev–Trinajstić information content (AvgIpc) is 3.10. The van der Waals surface area contributed by atoms with E-state index in [0.717, 1.165) is 0 Å². The summed E-state index contributed by atoms with van der Waals surface area (Å²) in [6, 6.07) is 5.13. The molecule has 2 aromatic rings. The molecule has 0 spiro atoms. The van der Waals surface area contributed by atoms with Crippen LogP contribution in [0.4, 0.5) is 5.69 Å². The zero-order valence-corrected chi connectivity index (χ0v) is 13.0. The number of rotatable bonds is 3. The Morgan fingerprint density at radius 3 is 2.70 bits per heavy atom. The minimum atomic E-state index is -0.474. The van der Waals surface area contributed by atoms with Gasteiger partial charge in [-0.1, -0.05) is 0 Å². The number of nitrogens with one attached hydrogen (secondary N) is 2. The molecule has 0 aliphatic carbocycles. The number of hydrogen-bond acceptors (Lipinski definition) is 5. The van der Waals surface area contributed by atoms with Crippen LogP contribution in [0.25, 0.3) is 0 Å². The van der Waals surface area contributed by atoms with E-state index in [4.69, 9.17) is 14.2 Å². The standard InChI is InChI=1S/C16H16N2O5/c1-8-13(16(20)21-3)9(2)17-14(8)15(19)18-10-4-5-11-12(6-10)23-7-22-11/h4-6,17H,7H2,1-3H3,(H,18,19). The number of carbonyl (C=O) groups is 2. The van der Waals surface area contributed by atoms with Crippen LogP contribution < -0.4 is 14.8 Å². The maximum absolute atomic E-state index is 12.4. The normalized spacial score (nSPS) is 12.1. The van der Waals surface area contributed by atoms with Crippen molar-refractivity contribution >= 4 is 17.6 Å². The van der Waals surface area contributed by atoms with Crippen LogP contribution in [0, 0.1) is 13.8 Å². The molecular weight excluding hydrogens is 300 g/mol. The zero-order chi connectivity index (χ0) is 16.6. The summed E-state index contributed by atoms with van der Waals surface area (Å²) in [7, 11) is 1.31. The molecule has 1 aliphatic heterocycles. The van der Waals surface area contributed by atoms with E-state index in [1.165, 1.54) is 7.11 Å². The predicted molar refractivity (Wildman–Crippen MR) is 82.1 cm³/mol. The summed E-state index contributed by atoms with van der Waals surface area (Å²) in [5.74, 6) is 0.401. The van der Waals surface area contributed by atoms with Crippen molar-refractivity contribution in [3.8, 4) is 11.5 Å². The van der Waals surface area contributed by atoms with Crippen molar-refractivity contribution in [2.75, 3.05) is 19.2 Å². The summed E-state index contributed by atoms with van der Waals surface area (Å²) in [4.78, 5) is 27.1. The minimum absolute atomic E-state index is 0.171. The summed E-state index contributed by atoms with van der Waals surface area (Å²) >= 11 is 0. The fourth-order valence-corrected chi connectivity index (χ4v) is 2.55. The largest absolute Gasteiger partial charge is 0.465 e. The zero-order valence-electron chi connectivity index (χ0n) is 13.0. The number of aromatic nitrogens is 1. The number of hydrogen-bond donors (Lipinski definition) is 2. The van der Waals surface area contributed by atoms with Crippen LogP contribution in [-0.2, 0) is 4.74 Å². The van der Waals surface area contributed by atoms with Crippen LogP contribution in [-0.4, -0.2) is 30.8 Å². The van der Waals surface area contributed by atoms with E-state index in [2.05, 4.69) is 10.3 Å². The van der Waals surface area contributed by atoms with Crippen molar-refractivity contribution < 1.29 is 23.8 Å². The molecule has 0 saturated carbocycles. The molecule has 0 atom stereocenters. The molecule has 0 fully saturated rings. The second-order valence-corrected chi connectivity index (χ2v) is 5.14. The van der Waals surface area contributed by atoms with Crippen molar-refractivity contribution in [1.29, 1.82) is 0 Å². The molecule has 7 heteroatoms. The maximum atomic E-state index is 12.4. The monoisotopic (exact) mass is 316 g/mol. The Balaban J connectivity index is 1.85. The molecule has 1 aromatic carbocycles. The number of aromatic amines is 1. The molecule has 7 nitrogen and oxygen atoms in total. The van der Waals surface area contributed by atoms with Gasteiger partial charge in [0, 0.05) is 17.4 Å².